The molecule has 0 spiro atoms. The van der Waals surface area contributed by atoms with Gasteiger partial charge in [-0.3, -0.25) is 24.0 Å². The van der Waals surface area contributed by atoms with Crippen molar-refractivity contribution in [1.29, 1.82) is 5.41 Å². The minimum Gasteiger partial charge on any atom is -0.349 e. The maximum absolute atomic E-state index is 13.2. The highest BCUT2D eigenvalue weighted by Gasteiger charge is 2.22. The van der Waals surface area contributed by atoms with Crippen molar-refractivity contribution in [2.75, 3.05) is 0 Å². The maximum Gasteiger partial charge on any atom is 0.267 e. The smallest absolute Gasteiger partial charge is 0.267 e. The third-order valence-electron chi connectivity index (χ3n) is 5.68. The number of nitrogens with zero attached hydrogens (tertiary/aromatic N) is 3. The third-order valence-corrected chi connectivity index (χ3v) is 5.68. The molecule has 2 N–H and O–H groups in total. The van der Waals surface area contributed by atoms with Crippen LogP contribution in [0.4, 0.5) is 0 Å². The Morgan fingerprint density at radius 2 is 1.80 bits per heavy atom. The molecule has 0 radical (unpaired) electrons. The fraction of sp³-hybridized carbons (Fsp3) is 0.217. The molecule has 1 fully saturated rings. The molecule has 0 bridgehead atoms. The number of pyridine rings is 2. The van der Waals surface area contributed by atoms with Crippen LogP contribution in [-0.2, 0) is 0 Å². The molecule has 0 unspecified atom stereocenters. The van der Waals surface area contributed by atoms with Gasteiger partial charge in [0.2, 0.25) is 0 Å². The number of hydrogen-bond donors (Lipinski definition) is 2. The molecule has 1 amide bonds. The zero-order valence-corrected chi connectivity index (χ0v) is 16.3. The number of benzene rings is 1. The SMILES string of the molecule is N=c1c(C(=O)NC2CCCC2)cc2c(=O)n3ccccc3nc2n1-c1ccccc1. The van der Waals surface area contributed by atoms with E-state index in [2.05, 4.69) is 10.3 Å². The summed E-state index contributed by atoms with van der Waals surface area (Å²) in [7, 11) is 0. The zero-order chi connectivity index (χ0) is 20.7. The van der Waals surface area contributed by atoms with Gasteiger partial charge in [0.15, 0.2) is 5.65 Å². The fourth-order valence-electron chi connectivity index (χ4n) is 4.16. The number of fused-ring (bicyclic) bond motifs is 2. The van der Waals surface area contributed by atoms with Gasteiger partial charge in [-0.2, -0.15) is 0 Å². The Hall–Kier alpha value is -3.74. The number of amides is 1. The molecule has 4 aromatic rings. The Morgan fingerprint density at radius 1 is 1.07 bits per heavy atom. The molecule has 7 heteroatoms. The molecule has 1 saturated carbocycles. The van der Waals surface area contributed by atoms with E-state index < -0.39 is 0 Å². The van der Waals surface area contributed by atoms with Gasteiger partial charge in [-0.05, 0) is 43.2 Å². The lowest BCUT2D eigenvalue weighted by Crippen LogP contribution is -2.38. The summed E-state index contributed by atoms with van der Waals surface area (Å²) >= 11 is 0. The van der Waals surface area contributed by atoms with E-state index in [9.17, 15) is 9.59 Å². The molecule has 150 valence electrons. The molecular weight excluding hydrogens is 378 g/mol. The average molecular weight is 399 g/mol. The van der Waals surface area contributed by atoms with Crippen LogP contribution in [0.1, 0.15) is 36.0 Å². The molecule has 3 aromatic heterocycles. The van der Waals surface area contributed by atoms with Gasteiger partial charge in [-0.1, -0.05) is 37.1 Å². The van der Waals surface area contributed by atoms with E-state index in [1.54, 1.807) is 22.9 Å². The van der Waals surface area contributed by atoms with Crippen molar-refractivity contribution in [2.24, 2.45) is 0 Å². The molecule has 0 aliphatic heterocycles. The van der Waals surface area contributed by atoms with E-state index in [0.29, 0.717) is 22.4 Å². The Bertz CT molecular complexity index is 1380. The van der Waals surface area contributed by atoms with Crippen LogP contribution in [0, 0.1) is 5.41 Å². The normalized spacial score (nSPS) is 14.4. The molecule has 30 heavy (non-hydrogen) atoms. The van der Waals surface area contributed by atoms with E-state index in [1.807, 2.05) is 36.4 Å². The summed E-state index contributed by atoms with van der Waals surface area (Å²) in [6, 6.07) is 16.2. The van der Waals surface area contributed by atoms with Gasteiger partial charge in [0.25, 0.3) is 11.5 Å². The first-order chi connectivity index (χ1) is 14.6. The minimum absolute atomic E-state index is 0.0105. The van der Waals surface area contributed by atoms with Crippen molar-refractivity contribution in [3.63, 3.8) is 0 Å². The van der Waals surface area contributed by atoms with Gasteiger partial charge in [-0.15, -0.1) is 0 Å². The molecular formula is C23H21N5O2. The van der Waals surface area contributed by atoms with Gasteiger partial charge in [0.05, 0.1) is 10.9 Å². The molecule has 1 aliphatic rings. The monoisotopic (exact) mass is 399 g/mol. The second-order valence-electron chi connectivity index (χ2n) is 7.62. The lowest BCUT2D eigenvalue weighted by atomic mass is 10.1. The van der Waals surface area contributed by atoms with Gasteiger partial charge in [0, 0.05) is 17.9 Å². The van der Waals surface area contributed by atoms with E-state index in [0.717, 1.165) is 25.7 Å². The van der Waals surface area contributed by atoms with Crippen LogP contribution < -0.4 is 16.4 Å². The predicted octanol–water partition coefficient (Wildman–Crippen LogP) is 2.79. The summed E-state index contributed by atoms with van der Waals surface area (Å²) in [6.07, 6.45) is 5.74. The van der Waals surface area contributed by atoms with Crippen molar-refractivity contribution >= 4 is 22.6 Å². The number of carbonyl (C=O) groups excluding carboxylic acids is 1. The van der Waals surface area contributed by atoms with Crippen LogP contribution in [0.3, 0.4) is 0 Å². The van der Waals surface area contributed by atoms with Gasteiger partial charge >= 0.3 is 0 Å². The molecule has 5 rings (SSSR count). The fourth-order valence-corrected chi connectivity index (χ4v) is 4.16. The Kier molecular flexibility index (Phi) is 4.43. The van der Waals surface area contributed by atoms with E-state index in [4.69, 9.17) is 5.41 Å². The summed E-state index contributed by atoms with van der Waals surface area (Å²) in [5, 5.41) is 12.1. The summed E-state index contributed by atoms with van der Waals surface area (Å²) in [6.45, 7) is 0. The maximum atomic E-state index is 13.2. The predicted molar refractivity (Wildman–Crippen MR) is 114 cm³/mol. The first-order valence-corrected chi connectivity index (χ1v) is 10.1. The first kappa shape index (κ1) is 18.3. The van der Waals surface area contributed by atoms with Crippen LogP contribution in [0.25, 0.3) is 22.4 Å². The lowest BCUT2D eigenvalue weighted by molar-refractivity contribution is 0.0935. The number of para-hydroxylation sites is 1. The molecule has 0 saturated heterocycles. The lowest BCUT2D eigenvalue weighted by Gasteiger charge is -2.16. The van der Waals surface area contributed by atoms with E-state index in [1.165, 1.54) is 10.5 Å². The summed E-state index contributed by atoms with van der Waals surface area (Å²) in [5.41, 5.74) is 1.44. The van der Waals surface area contributed by atoms with Gasteiger partial charge in [-0.25, -0.2) is 4.98 Å². The number of rotatable bonds is 3. The second kappa shape index (κ2) is 7.26. The van der Waals surface area contributed by atoms with Crippen molar-refractivity contribution in [3.8, 4) is 5.69 Å². The molecule has 7 nitrogen and oxygen atoms in total. The van der Waals surface area contributed by atoms with Crippen molar-refractivity contribution in [3.05, 3.63) is 82.2 Å². The third kappa shape index (κ3) is 2.99. The number of carbonyl (C=O) groups is 1. The Morgan fingerprint density at radius 3 is 2.57 bits per heavy atom. The number of nitrogens with one attached hydrogen (secondary N) is 2. The molecule has 0 atom stereocenters. The largest absolute Gasteiger partial charge is 0.349 e. The van der Waals surface area contributed by atoms with Crippen LogP contribution >= 0.6 is 0 Å². The standard InChI is InChI=1S/C23H21N5O2/c24-20-17(22(29)25-15-8-4-5-9-15)14-18-21(28(20)16-10-2-1-3-11-16)26-19-12-6-7-13-27(19)23(18)30/h1-3,6-7,10-15,24H,4-5,8-9H2,(H,25,29). The van der Waals surface area contributed by atoms with E-state index in [-0.39, 0.29) is 28.6 Å². The molecule has 3 heterocycles. The summed E-state index contributed by atoms with van der Waals surface area (Å²) < 4.78 is 3.03. The topological polar surface area (TPSA) is 92.2 Å². The highest BCUT2D eigenvalue weighted by molar-refractivity contribution is 5.97. The van der Waals surface area contributed by atoms with Crippen molar-refractivity contribution in [2.45, 2.75) is 31.7 Å². The minimum atomic E-state index is -0.323. The summed E-state index contributed by atoms with van der Waals surface area (Å²) in [5.74, 6) is -0.323. The molecule has 1 aromatic carbocycles. The van der Waals surface area contributed by atoms with Crippen LogP contribution in [0.15, 0.2) is 65.6 Å². The number of aromatic nitrogens is 3. The highest BCUT2D eigenvalue weighted by Crippen LogP contribution is 2.19. The second-order valence-corrected chi connectivity index (χ2v) is 7.62. The van der Waals surface area contributed by atoms with Crippen LogP contribution in [-0.4, -0.2) is 25.9 Å². The first-order valence-electron chi connectivity index (χ1n) is 10.1. The number of hydrogen-bond acceptors (Lipinski definition) is 4. The zero-order valence-electron chi connectivity index (χ0n) is 16.3. The van der Waals surface area contributed by atoms with Crippen LogP contribution in [0.5, 0.6) is 0 Å². The van der Waals surface area contributed by atoms with Crippen molar-refractivity contribution in [1.82, 2.24) is 19.3 Å². The molecule has 1 aliphatic carbocycles. The van der Waals surface area contributed by atoms with Gasteiger partial charge in [0.1, 0.15) is 11.1 Å². The van der Waals surface area contributed by atoms with Crippen molar-refractivity contribution < 1.29 is 4.79 Å². The van der Waals surface area contributed by atoms with Crippen LogP contribution in [0.2, 0.25) is 0 Å². The highest BCUT2D eigenvalue weighted by atomic mass is 16.2. The Labute approximate surface area is 172 Å². The van der Waals surface area contributed by atoms with E-state index >= 15 is 0 Å². The quantitative estimate of drug-likeness (QED) is 0.519. The summed E-state index contributed by atoms with van der Waals surface area (Å²) in [4.78, 5) is 30.9. The van der Waals surface area contributed by atoms with Gasteiger partial charge < -0.3 is 5.32 Å². The Balaban J connectivity index is 1.81. The average Bonchev–Trinajstić information content (AvgIpc) is 3.27.